The van der Waals surface area contributed by atoms with Crippen LogP contribution >= 0.6 is 11.6 Å². The van der Waals surface area contributed by atoms with Gasteiger partial charge in [0.25, 0.3) is 0 Å². The maximum absolute atomic E-state index is 13.0. The average molecular weight is 388 g/mol. The Kier molecular flexibility index (Phi) is 6.72. The molecule has 3 rings (SSSR count). The lowest BCUT2D eigenvalue weighted by molar-refractivity contribution is -0.120. The smallest absolute Gasteiger partial charge is 0.230 e. The number of methoxy groups -OCH3 is 1. The fraction of sp³-hybridized carbons (Fsp3) is 0.381. The number of amides is 1. The summed E-state index contributed by atoms with van der Waals surface area (Å²) in [4.78, 5) is 17.5. The number of nitrogens with one attached hydrogen (secondary N) is 1. The minimum Gasteiger partial charge on any atom is -0.495 e. The Hall–Kier alpha value is -2.08. The molecule has 2 aromatic rings. The molecule has 144 valence electrons. The number of benzene rings is 2. The van der Waals surface area contributed by atoms with Gasteiger partial charge in [0.2, 0.25) is 5.91 Å². The van der Waals surface area contributed by atoms with Crippen molar-refractivity contribution in [3.63, 3.8) is 0 Å². The minimum absolute atomic E-state index is 0.00225. The van der Waals surface area contributed by atoms with Crippen LogP contribution in [0, 0.1) is 5.92 Å². The molecule has 1 aliphatic heterocycles. The monoisotopic (exact) mass is 387 g/mol. The molecule has 1 saturated heterocycles. The Balaban J connectivity index is 1.70. The number of hydrogen-bond donors (Lipinski definition) is 1. The number of nitrogens with zero attached hydrogens (tertiary/aromatic N) is 2. The minimum atomic E-state index is -0.124. The van der Waals surface area contributed by atoms with Gasteiger partial charge >= 0.3 is 0 Å². The van der Waals surface area contributed by atoms with Crippen molar-refractivity contribution >= 4 is 23.2 Å². The Bertz CT molecular complexity index is 769. The van der Waals surface area contributed by atoms with Crippen molar-refractivity contribution in [3.05, 3.63) is 59.1 Å². The van der Waals surface area contributed by atoms with Gasteiger partial charge in [-0.15, -0.1) is 0 Å². The van der Waals surface area contributed by atoms with Crippen LogP contribution in [0.2, 0.25) is 5.02 Å². The molecule has 2 aromatic carbocycles. The van der Waals surface area contributed by atoms with Gasteiger partial charge < -0.3 is 15.0 Å². The number of hydrogen-bond acceptors (Lipinski definition) is 4. The van der Waals surface area contributed by atoms with Gasteiger partial charge in [-0.1, -0.05) is 41.9 Å². The normalized spacial score (nSPS) is 18.7. The fourth-order valence-electron chi connectivity index (χ4n) is 3.39. The Morgan fingerprint density at radius 2 is 1.96 bits per heavy atom. The Morgan fingerprint density at radius 3 is 2.70 bits per heavy atom. The lowest BCUT2D eigenvalue weighted by Gasteiger charge is -2.24. The molecule has 0 bridgehead atoms. The van der Waals surface area contributed by atoms with Gasteiger partial charge in [0.1, 0.15) is 5.75 Å². The molecule has 27 heavy (non-hydrogen) atoms. The molecule has 1 heterocycles. The second-order valence-corrected chi connectivity index (χ2v) is 7.45. The number of halogens is 1. The molecule has 1 unspecified atom stereocenters. The lowest BCUT2D eigenvalue weighted by atomic mass is 10.1. The standard InChI is InChI=1S/C21H26ClN3O2/c1-24-10-11-25(13-16-6-4-3-5-7-16)15-17(14-24)21(26)23-19-9-8-18(22)12-20(19)27-2/h3-9,12,17H,10-11,13-15H2,1-2H3,(H,23,26). The summed E-state index contributed by atoms with van der Waals surface area (Å²) in [5, 5.41) is 3.59. The maximum atomic E-state index is 13.0. The van der Waals surface area contributed by atoms with Crippen molar-refractivity contribution in [2.75, 3.05) is 45.7 Å². The number of carbonyl (C=O) groups is 1. The summed E-state index contributed by atoms with van der Waals surface area (Å²) in [7, 11) is 3.64. The molecule has 1 fully saturated rings. The van der Waals surface area contributed by atoms with Crippen LogP contribution in [0.15, 0.2) is 48.5 Å². The molecule has 1 atom stereocenters. The molecule has 0 aliphatic carbocycles. The zero-order chi connectivity index (χ0) is 19.2. The quantitative estimate of drug-likeness (QED) is 0.854. The highest BCUT2D eigenvalue weighted by Crippen LogP contribution is 2.28. The summed E-state index contributed by atoms with van der Waals surface area (Å²) >= 11 is 6.01. The fourth-order valence-corrected chi connectivity index (χ4v) is 3.56. The first-order valence-corrected chi connectivity index (χ1v) is 9.52. The van der Waals surface area contributed by atoms with E-state index in [0.717, 1.165) is 32.7 Å². The van der Waals surface area contributed by atoms with Gasteiger partial charge in [-0.3, -0.25) is 9.69 Å². The third kappa shape index (κ3) is 5.45. The molecule has 1 aliphatic rings. The Morgan fingerprint density at radius 1 is 1.19 bits per heavy atom. The van der Waals surface area contributed by atoms with E-state index in [1.54, 1.807) is 25.3 Å². The molecular weight excluding hydrogens is 362 g/mol. The topological polar surface area (TPSA) is 44.8 Å². The van der Waals surface area contributed by atoms with Crippen molar-refractivity contribution in [1.82, 2.24) is 9.80 Å². The van der Waals surface area contributed by atoms with E-state index in [2.05, 4.69) is 46.4 Å². The second-order valence-electron chi connectivity index (χ2n) is 7.01. The van der Waals surface area contributed by atoms with Crippen molar-refractivity contribution in [1.29, 1.82) is 0 Å². The van der Waals surface area contributed by atoms with E-state index < -0.39 is 0 Å². The predicted molar refractivity (Wildman–Crippen MR) is 109 cm³/mol. The van der Waals surface area contributed by atoms with Crippen LogP contribution in [0.4, 0.5) is 5.69 Å². The highest BCUT2D eigenvalue weighted by atomic mass is 35.5. The SMILES string of the molecule is COc1cc(Cl)ccc1NC(=O)C1CN(C)CCN(Cc2ccccc2)C1. The Labute approximate surface area is 165 Å². The molecule has 0 spiro atoms. The first-order valence-electron chi connectivity index (χ1n) is 9.14. The average Bonchev–Trinajstić information content (AvgIpc) is 2.85. The summed E-state index contributed by atoms with van der Waals surface area (Å²) in [6, 6.07) is 15.6. The van der Waals surface area contributed by atoms with Gasteiger partial charge in [0.05, 0.1) is 18.7 Å². The summed E-state index contributed by atoms with van der Waals surface area (Å²) < 4.78 is 5.34. The molecule has 0 aromatic heterocycles. The van der Waals surface area contributed by atoms with Crippen molar-refractivity contribution in [2.45, 2.75) is 6.54 Å². The predicted octanol–water partition coefficient (Wildman–Crippen LogP) is 3.35. The van der Waals surface area contributed by atoms with E-state index in [9.17, 15) is 4.79 Å². The highest BCUT2D eigenvalue weighted by molar-refractivity contribution is 6.30. The van der Waals surface area contributed by atoms with Crippen LogP contribution in [-0.4, -0.2) is 56.0 Å². The third-order valence-corrected chi connectivity index (χ3v) is 5.08. The van der Waals surface area contributed by atoms with Gasteiger partial charge in [0, 0.05) is 43.8 Å². The summed E-state index contributed by atoms with van der Waals surface area (Å²) in [6.07, 6.45) is 0. The molecular formula is C21H26ClN3O2. The number of anilines is 1. The lowest BCUT2D eigenvalue weighted by Crippen LogP contribution is -2.37. The van der Waals surface area contributed by atoms with Crippen LogP contribution in [0.25, 0.3) is 0 Å². The van der Waals surface area contributed by atoms with Crippen LogP contribution in [0.5, 0.6) is 5.75 Å². The van der Waals surface area contributed by atoms with E-state index in [1.807, 2.05) is 6.07 Å². The van der Waals surface area contributed by atoms with Gasteiger partial charge in [-0.05, 0) is 24.7 Å². The first kappa shape index (κ1) is 19.7. The third-order valence-electron chi connectivity index (χ3n) is 4.85. The summed E-state index contributed by atoms with van der Waals surface area (Å²) in [5.41, 5.74) is 1.91. The highest BCUT2D eigenvalue weighted by Gasteiger charge is 2.27. The molecule has 1 N–H and O–H groups in total. The zero-order valence-corrected chi connectivity index (χ0v) is 16.6. The summed E-state index contributed by atoms with van der Waals surface area (Å²) in [5.74, 6) is 0.447. The van der Waals surface area contributed by atoms with Crippen LogP contribution in [0.3, 0.4) is 0 Å². The number of likely N-dealkylation sites (N-methyl/N-ethyl adjacent to an activating group) is 1. The molecule has 0 saturated carbocycles. The van der Waals surface area contributed by atoms with Crippen molar-refractivity contribution < 1.29 is 9.53 Å². The van der Waals surface area contributed by atoms with E-state index >= 15 is 0 Å². The molecule has 6 heteroatoms. The van der Waals surface area contributed by atoms with Crippen molar-refractivity contribution in [3.8, 4) is 5.75 Å². The largest absolute Gasteiger partial charge is 0.495 e. The molecule has 1 amide bonds. The van der Waals surface area contributed by atoms with Gasteiger partial charge in [0.15, 0.2) is 0 Å². The van der Waals surface area contributed by atoms with E-state index in [-0.39, 0.29) is 11.8 Å². The maximum Gasteiger partial charge on any atom is 0.230 e. The zero-order valence-electron chi connectivity index (χ0n) is 15.8. The van der Waals surface area contributed by atoms with Crippen LogP contribution in [-0.2, 0) is 11.3 Å². The first-order chi connectivity index (χ1) is 13.0. The van der Waals surface area contributed by atoms with Crippen LogP contribution in [0.1, 0.15) is 5.56 Å². The number of carbonyl (C=O) groups excluding carboxylic acids is 1. The molecule has 5 nitrogen and oxygen atoms in total. The van der Waals surface area contributed by atoms with E-state index in [4.69, 9.17) is 16.3 Å². The van der Waals surface area contributed by atoms with Crippen LogP contribution < -0.4 is 10.1 Å². The number of rotatable bonds is 5. The number of ether oxygens (including phenoxy) is 1. The van der Waals surface area contributed by atoms with E-state index in [1.165, 1.54) is 5.56 Å². The molecule has 0 radical (unpaired) electrons. The van der Waals surface area contributed by atoms with E-state index in [0.29, 0.717) is 16.5 Å². The summed E-state index contributed by atoms with van der Waals surface area (Å²) in [6.45, 7) is 4.19. The second kappa shape index (κ2) is 9.22. The van der Waals surface area contributed by atoms with Gasteiger partial charge in [-0.2, -0.15) is 0 Å². The van der Waals surface area contributed by atoms with Crippen molar-refractivity contribution in [2.24, 2.45) is 5.92 Å². The van der Waals surface area contributed by atoms with Gasteiger partial charge in [-0.25, -0.2) is 0 Å².